The molecule has 3 N–H and O–H groups in total. The lowest BCUT2D eigenvalue weighted by atomic mass is 10.0. The topological polar surface area (TPSA) is 65.1 Å². The number of benzene rings is 1. The van der Waals surface area contributed by atoms with E-state index < -0.39 is 0 Å². The van der Waals surface area contributed by atoms with Crippen molar-refractivity contribution in [3.63, 3.8) is 0 Å². The number of ether oxygens (including phenoxy) is 1. The van der Waals surface area contributed by atoms with Gasteiger partial charge in [0.05, 0.1) is 18.3 Å². The predicted octanol–water partition coefficient (Wildman–Crippen LogP) is 1.85. The van der Waals surface area contributed by atoms with Gasteiger partial charge in [0.25, 0.3) is 0 Å². The van der Waals surface area contributed by atoms with Crippen LogP contribution in [-0.4, -0.2) is 16.4 Å². The first-order valence-electron chi connectivity index (χ1n) is 6.51. The molecular weight excluding hydrogens is 240 g/mol. The van der Waals surface area contributed by atoms with Gasteiger partial charge in [-0.1, -0.05) is 18.2 Å². The minimum atomic E-state index is -0.134. The summed E-state index contributed by atoms with van der Waals surface area (Å²) in [5, 5.41) is 4.28. The molecule has 2 rings (SSSR count). The van der Waals surface area contributed by atoms with Crippen molar-refractivity contribution in [1.29, 1.82) is 0 Å². The molecule has 1 aromatic heterocycles. The third kappa shape index (κ3) is 2.77. The second-order valence-electron chi connectivity index (χ2n) is 4.14. The first-order valence-corrected chi connectivity index (χ1v) is 6.51. The van der Waals surface area contributed by atoms with Crippen LogP contribution in [0.4, 0.5) is 0 Å². The summed E-state index contributed by atoms with van der Waals surface area (Å²) in [6.45, 7) is 5.45. The van der Waals surface area contributed by atoms with E-state index in [9.17, 15) is 0 Å². The highest BCUT2D eigenvalue weighted by Crippen LogP contribution is 2.29. The molecule has 1 heterocycles. The van der Waals surface area contributed by atoms with Gasteiger partial charge in [-0.3, -0.25) is 10.5 Å². The summed E-state index contributed by atoms with van der Waals surface area (Å²) in [4.78, 5) is 0. The molecule has 1 unspecified atom stereocenters. The fourth-order valence-corrected chi connectivity index (χ4v) is 2.19. The van der Waals surface area contributed by atoms with E-state index >= 15 is 0 Å². The maximum absolute atomic E-state index is 5.74. The lowest BCUT2D eigenvalue weighted by Gasteiger charge is -2.20. The number of aryl methyl sites for hydroxylation is 1. The fraction of sp³-hybridized carbons (Fsp3) is 0.357. The van der Waals surface area contributed by atoms with Crippen molar-refractivity contribution in [2.45, 2.75) is 26.4 Å². The maximum atomic E-state index is 5.74. The van der Waals surface area contributed by atoms with E-state index in [1.165, 1.54) is 0 Å². The molecule has 0 bridgehead atoms. The zero-order chi connectivity index (χ0) is 13.7. The van der Waals surface area contributed by atoms with Crippen molar-refractivity contribution in [2.75, 3.05) is 6.61 Å². The molecular formula is C14H20N4O. The molecule has 19 heavy (non-hydrogen) atoms. The zero-order valence-corrected chi connectivity index (χ0v) is 11.3. The van der Waals surface area contributed by atoms with E-state index in [2.05, 4.69) is 17.4 Å². The third-order valence-electron chi connectivity index (χ3n) is 3.04. The van der Waals surface area contributed by atoms with Crippen LogP contribution in [0.1, 0.15) is 31.1 Å². The molecule has 0 aliphatic heterocycles. The summed E-state index contributed by atoms with van der Waals surface area (Å²) in [6, 6.07) is 9.74. The van der Waals surface area contributed by atoms with Crippen LogP contribution in [0.3, 0.4) is 0 Å². The SMILES string of the molecule is CCOc1ccccc1C(NN)c1ccnn1CC. The normalized spacial score (nSPS) is 12.4. The molecule has 0 fully saturated rings. The third-order valence-corrected chi connectivity index (χ3v) is 3.04. The van der Waals surface area contributed by atoms with Crippen LogP contribution in [-0.2, 0) is 6.54 Å². The second kappa shape index (κ2) is 6.36. The average Bonchev–Trinajstić information content (AvgIpc) is 2.90. The van der Waals surface area contributed by atoms with Gasteiger partial charge < -0.3 is 4.74 Å². The predicted molar refractivity (Wildman–Crippen MR) is 74.7 cm³/mol. The van der Waals surface area contributed by atoms with Crippen molar-refractivity contribution in [3.05, 3.63) is 47.8 Å². The highest BCUT2D eigenvalue weighted by Gasteiger charge is 2.19. The van der Waals surface area contributed by atoms with E-state index in [1.54, 1.807) is 6.20 Å². The van der Waals surface area contributed by atoms with Gasteiger partial charge in [0, 0.05) is 18.3 Å². The average molecular weight is 260 g/mol. The van der Waals surface area contributed by atoms with Gasteiger partial charge >= 0.3 is 0 Å². The molecule has 102 valence electrons. The highest BCUT2D eigenvalue weighted by atomic mass is 16.5. The number of para-hydroxylation sites is 1. The number of hydrazine groups is 1. The van der Waals surface area contributed by atoms with Gasteiger partial charge in [-0.2, -0.15) is 5.10 Å². The summed E-state index contributed by atoms with van der Waals surface area (Å²) in [6.07, 6.45) is 1.78. The van der Waals surface area contributed by atoms with Crippen LogP contribution in [0.25, 0.3) is 0 Å². The molecule has 1 atom stereocenters. The van der Waals surface area contributed by atoms with Crippen molar-refractivity contribution < 1.29 is 4.74 Å². The van der Waals surface area contributed by atoms with Crippen LogP contribution < -0.4 is 16.0 Å². The zero-order valence-electron chi connectivity index (χ0n) is 11.3. The lowest BCUT2D eigenvalue weighted by molar-refractivity contribution is 0.332. The van der Waals surface area contributed by atoms with E-state index in [1.807, 2.05) is 41.9 Å². The number of aromatic nitrogens is 2. The van der Waals surface area contributed by atoms with Crippen molar-refractivity contribution in [2.24, 2.45) is 5.84 Å². The Kier molecular flexibility index (Phi) is 4.54. The Morgan fingerprint density at radius 2 is 2.11 bits per heavy atom. The number of hydrogen-bond donors (Lipinski definition) is 2. The molecule has 0 spiro atoms. The molecule has 0 amide bonds. The van der Waals surface area contributed by atoms with E-state index in [0.717, 1.165) is 23.6 Å². The molecule has 2 aromatic rings. The number of rotatable bonds is 6. The lowest BCUT2D eigenvalue weighted by Crippen LogP contribution is -2.31. The summed E-state index contributed by atoms with van der Waals surface area (Å²) in [5.41, 5.74) is 4.89. The minimum Gasteiger partial charge on any atom is -0.494 e. The molecule has 0 aliphatic carbocycles. The van der Waals surface area contributed by atoms with Crippen LogP contribution in [0, 0.1) is 0 Å². The quantitative estimate of drug-likeness (QED) is 0.614. The summed E-state index contributed by atoms with van der Waals surface area (Å²) < 4.78 is 7.59. The van der Waals surface area contributed by atoms with Crippen LogP contribution in [0.5, 0.6) is 5.75 Å². The standard InChI is InChI=1S/C14H20N4O/c1-3-18-12(9-10-16-18)14(17-15)11-7-5-6-8-13(11)19-4-2/h5-10,14,17H,3-4,15H2,1-2H3. The smallest absolute Gasteiger partial charge is 0.124 e. The van der Waals surface area contributed by atoms with Gasteiger partial charge in [0.1, 0.15) is 5.75 Å². The molecule has 0 aliphatic rings. The number of hydrogen-bond acceptors (Lipinski definition) is 4. The Labute approximate surface area is 113 Å². The van der Waals surface area contributed by atoms with Gasteiger partial charge in [0.2, 0.25) is 0 Å². The summed E-state index contributed by atoms with van der Waals surface area (Å²) in [5.74, 6) is 6.58. The Morgan fingerprint density at radius 1 is 1.32 bits per heavy atom. The Morgan fingerprint density at radius 3 is 2.79 bits per heavy atom. The fourth-order valence-electron chi connectivity index (χ4n) is 2.19. The van der Waals surface area contributed by atoms with Crippen molar-refractivity contribution in [1.82, 2.24) is 15.2 Å². The Balaban J connectivity index is 2.42. The number of nitrogens with zero attached hydrogens (tertiary/aromatic N) is 2. The second-order valence-corrected chi connectivity index (χ2v) is 4.14. The molecule has 0 saturated heterocycles. The van der Waals surface area contributed by atoms with Crippen LogP contribution >= 0.6 is 0 Å². The van der Waals surface area contributed by atoms with Gasteiger partial charge in [-0.05, 0) is 26.0 Å². The number of nitrogens with one attached hydrogen (secondary N) is 1. The van der Waals surface area contributed by atoms with Gasteiger partial charge in [-0.25, -0.2) is 5.43 Å². The summed E-state index contributed by atoms with van der Waals surface area (Å²) in [7, 11) is 0. The van der Waals surface area contributed by atoms with Crippen LogP contribution in [0.15, 0.2) is 36.5 Å². The molecule has 0 saturated carbocycles. The Bertz CT molecular complexity index is 524. The molecule has 5 nitrogen and oxygen atoms in total. The molecule has 1 aromatic carbocycles. The van der Waals surface area contributed by atoms with E-state index in [4.69, 9.17) is 10.6 Å². The Hall–Kier alpha value is -1.85. The van der Waals surface area contributed by atoms with E-state index in [0.29, 0.717) is 6.61 Å². The van der Waals surface area contributed by atoms with Crippen molar-refractivity contribution >= 4 is 0 Å². The molecule has 0 radical (unpaired) electrons. The van der Waals surface area contributed by atoms with E-state index in [-0.39, 0.29) is 6.04 Å². The highest BCUT2D eigenvalue weighted by molar-refractivity contribution is 5.39. The van der Waals surface area contributed by atoms with Gasteiger partial charge in [-0.15, -0.1) is 0 Å². The largest absolute Gasteiger partial charge is 0.494 e. The monoisotopic (exact) mass is 260 g/mol. The van der Waals surface area contributed by atoms with Gasteiger partial charge in [0.15, 0.2) is 0 Å². The maximum Gasteiger partial charge on any atom is 0.124 e. The molecule has 5 heteroatoms. The van der Waals surface area contributed by atoms with Crippen molar-refractivity contribution in [3.8, 4) is 5.75 Å². The number of nitrogens with two attached hydrogens (primary N) is 1. The minimum absolute atomic E-state index is 0.134. The first-order chi connectivity index (χ1) is 9.31. The first kappa shape index (κ1) is 13.6. The summed E-state index contributed by atoms with van der Waals surface area (Å²) >= 11 is 0. The van der Waals surface area contributed by atoms with Crippen LogP contribution in [0.2, 0.25) is 0 Å².